The fraction of sp³-hybridized carbons (Fsp3) is 0.727. The first-order chi connectivity index (χ1) is 12.6. The van der Waals surface area contributed by atoms with Crippen molar-refractivity contribution >= 4 is 11.6 Å². The number of carbonyl (C=O) groups is 2. The van der Waals surface area contributed by atoms with Gasteiger partial charge < -0.3 is 14.9 Å². The number of Topliss-reactive ketones (excluding diaryl/α,β-unsaturated/α-hetero) is 1. The minimum atomic E-state index is -1.50. The van der Waals surface area contributed by atoms with Crippen molar-refractivity contribution in [3.63, 3.8) is 0 Å². The van der Waals surface area contributed by atoms with E-state index >= 15 is 0 Å². The molecule has 27 heavy (non-hydrogen) atoms. The standard InChI is InChI=1S/C22H28O5/c1-12-8-16-15-5-4-13-9-14(24)6-7-19(13,2)22(15)18(27-22)10-20(16,3)21(12,26)17(25)11-23/h6-7,9,12,15-16,18,23,26H,4-5,8,10-11H2,1-3H3/t12-,15-,16-,18?,19-,20-,21-,22?/m0/s1. The summed E-state index contributed by atoms with van der Waals surface area (Å²) >= 11 is 0. The topological polar surface area (TPSA) is 87.1 Å². The molecule has 0 aromatic rings. The van der Waals surface area contributed by atoms with Crippen molar-refractivity contribution in [1.82, 2.24) is 0 Å². The van der Waals surface area contributed by atoms with Gasteiger partial charge in [-0.3, -0.25) is 9.59 Å². The Hall–Kier alpha value is -1.30. The summed E-state index contributed by atoms with van der Waals surface area (Å²) in [7, 11) is 0. The van der Waals surface area contributed by atoms with E-state index < -0.39 is 23.4 Å². The second-order valence-electron chi connectivity index (χ2n) is 9.86. The Balaban J connectivity index is 1.60. The number of allylic oxidation sites excluding steroid dienone is 2. The van der Waals surface area contributed by atoms with E-state index in [1.165, 1.54) is 0 Å². The average molecular weight is 372 g/mol. The molecule has 4 fully saturated rings. The van der Waals surface area contributed by atoms with E-state index in [4.69, 9.17) is 4.74 Å². The zero-order valence-corrected chi connectivity index (χ0v) is 16.2. The number of carbonyl (C=O) groups excluding carboxylic acids is 2. The molecule has 4 aliphatic carbocycles. The Morgan fingerprint density at radius 1 is 1.33 bits per heavy atom. The predicted octanol–water partition coefficient (Wildman–Crippen LogP) is 1.96. The lowest BCUT2D eigenvalue weighted by Gasteiger charge is -2.55. The molecule has 146 valence electrons. The highest BCUT2D eigenvalue weighted by atomic mass is 16.6. The fourth-order valence-electron chi connectivity index (χ4n) is 7.70. The van der Waals surface area contributed by atoms with Crippen LogP contribution in [-0.4, -0.2) is 45.7 Å². The van der Waals surface area contributed by atoms with Gasteiger partial charge in [-0.25, -0.2) is 0 Å². The van der Waals surface area contributed by atoms with Crippen LogP contribution in [0, 0.1) is 28.6 Å². The summed E-state index contributed by atoms with van der Waals surface area (Å²) in [6.45, 7) is 5.51. The Labute approximate surface area is 159 Å². The quantitative estimate of drug-likeness (QED) is 0.724. The summed E-state index contributed by atoms with van der Waals surface area (Å²) in [6, 6.07) is 0. The van der Waals surface area contributed by atoms with Crippen LogP contribution < -0.4 is 0 Å². The zero-order valence-electron chi connectivity index (χ0n) is 16.2. The van der Waals surface area contributed by atoms with Crippen molar-refractivity contribution < 1.29 is 24.5 Å². The van der Waals surface area contributed by atoms with Crippen molar-refractivity contribution in [1.29, 1.82) is 0 Å². The lowest BCUT2D eigenvalue weighted by molar-refractivity contribution is -0.165. The lowest BCUT2D eigenvalue weighted by atomic mass is 9.46. The second-order valence-corrected chi connectivity index (χ2v) is 9.86. The Morgan fingerprint density at radius 3 is 2.78 bits per heavy atom. The van der Waals surface area contributed by atoms with Gasteiger partial charge in [-0.15, -0.1) is 0 Å². The van der Waals surface area contributed by atoms with Crippen molar-refractivity contribution in [2.45, 2.75) is 63.8 Å². The van der Waals surface area contributed by atoms with Crippen LogP contribution in [0.15, 0.2) is 23.8 Å². The molecular weight excluding hydrogens is 344 g/mol. The van der Waals surface area contributed by atoms with Gasteiger partial charge in [0.25, 0.3) is 0 Å². The van der Waals surface area contributed by atoms with Gasteiger partial charge in [-0.05, 0) is 62.5 Å². The summed E-state index contributed by atoms with van der Waals surface area (Å²) < 4.78 is 6.43. The molecule has 0 radical (unpaired) electrons. The number of fused-ring (bicyclic) bond motifs is 3. The largest absolute Gasteiger partial charge is 0.388 e. The first-order valence-electron chi connectivity index (χ1n) is 10.1. The molecule has 5 heteroatoms. The van der Waals surface area contributed by atoms with E-state index in [0.29, 0.717) is 6.42 Å². The molecular formula is C22H28O5. The molecule has 5 nitrogen and oxygen atoms in total. The number of aliphatic hydroxyl groups excluding tert-OH is 1. The van der Waals surface area contributed by atoms with Gasteiger partial charge in [0.15, 0.2) is 11.6 Å². The molecule has 8 atom stereocenters. The average Bonchev–Trinajstić information content (AvgIpc) is 3.31. The maximum Gasteiger partial charge on any atom is 0.190 e. The molecule has 1 heterocycles. The van der Waals surface area contributed by atoms with Crippen molar-refractivity contribution in [3.8, 4) is 0 Å². The van der Waals surface area contributed by atoms with Gasteiger partial charge in [0.05, 0.1) is 6.10 Å². The molecule has 2 unspecified atom stereocenters. The van der Waals surface area contributed by atoms with Crippen LogP contribution in [0.25, 0.3) is 0 Å². The third-order valence-electron chi connectivity index (χ3n) is 9.08. The third-order valence-corrected chi connectivity index (χ3v) is 9.08. The van der Waals surface area contributed by atoms with E-state index in [0.717, 1.165) is 24.8 Å². The summed E-state index contributed by atoms with van der Waals surface area (Å²) in [4.78, 5) is 24.5. The van der Waals surface area contributed by atoms with E-state index in [1.807, 2.05) is 19.9 Å². The van der Waals surface area contributed by atoms with Crippen LogP contribution in [0.3, 0.4) is 0 Å². The van der Waals surface area contributed by atoms with Crippen LogP contribution in [0.2, 0.25) is 0 Å². The number of hydrogen-bond acceptors (Lipinski definition) is 5. The van der Waals surface area contributed by atoms with E-state index in [2.05, 4.69) is 6.92 Å². The lowest BCUT2D eigenvalue weighted by Crippen LogP contribution is -2.62. The van der Waals surface area contributed by atoms with Gasteiger partial charge >= 0.3 is 0 Å². The highest BCUT2D eigenvalue weighted by molar-refractivity contribution is 6.01. The molecule has 0 bridgehead atoms. The smallest absolute Gasteiger partial charge is 0.190 e. The van der Waals surface area contributed by atoms with Gasteiger partial charge in [0, 0.05) is 10.8 Å². The normalized spacial score (nSPS) is 55.1. The minimum absolute atomic E-state index is 0.0291. The maximum atomic E-state index is 12.6. The number of aliphatic hydroxyl groups is 2. The second kappa shape index (κ2) is 5.00. The van der Waals surface area contributed by atoms with E-state index in [-0.39, 0.29) is 40.7 Å². The molecule has 3 saturated carbocycles. The van der Waals surface area contributed by atoms with Crippen LogP contribution in [-0.2, 0) is 14.3 Å². The highest BCUT2D eigenvalue weighted by Crippen LogP contribution is 2.76. The Bertz CT molecular complexity index is 814. The fourth-order valence-corrected chi connectivity index (χ4v) is 7.70. The molecule has 1 aliphatic heterocycles. The van der Waals surface area contributed by atoms with Crippen molar-refractivity contribution in [3.05, 3.63) is 23.8 Å². The van der Waals surface area contributed by atoms with Gasteiger partial charge in [-0.2, -0.15) is 0 Å². The van der Waals surface area contributed by atoms with E-state index in [9.17, 15) is 19.8 Å². The molecule has 5 aliphatic rings. The first-order valence-corrected chi connectivity index (χ1v) is 10.1. The minimum Gasteiger partial charge on any atom is -0.388 e. The molecule has 0 aromatic carbocycles. The number of ketones is 2. The maximum absolute atomic E-state index is 12.6. The summed E-state index contributed by atoms with van der Waals surface area (Å²) in [5.41, 5.74) is -1.55. The van der Waals surface area contributed by atoms with Gasteiger partial charge in [0.1, 0.15) is 17.8 Å². The molecule has 0 amide bonds. The molecule has 5 rings (SSSR count). The van der Waals surface area contributed by atoms with Gasteiger partial charge in [0.2, 0.25) is 0 Å². The first kappa shape index (κ1) is 17.8. The zero-order chi connectivity index (χ0) is 19.4. The summed E-state index contributed by atoms with van der Waals surface area (Å²) in [5.74, 6) is -0.193. The van der Waals surface area contributed by atoms with Gasteiger partial charge in [-0.1, -0.05) is 25.5 Å². The molecule has 0 aromatic heterocycles. The monoisotopic (exact) mass is 372 g/mol. The number of hydrogen-bond donors (Lipinski definition) is 2. The Morgan fingerprint density at radius 2 is 2.07 bits per heavy atom. The van der Waals surface area contributed by atoms with Crippen molar-refractivity contribution in [2.24, 2.45) is 28.6 Å². The summed E-state index contributed by atoms with van der Waals surface area (Å²) in [6.07, 6.45) is 8.58. The third kappa shape index (κ3) is 1.73. The molecule has 2 N–H and O–H groups in total. The van der Waals surface area contributed by atoms with Crippen LogP contribution in [0.4, 0.5) is 0 Å². The SMILES string of the molecule is C[C@H]1C[C@H]2[C@@H]3CCC4=CC(=O)C=C[C@]4(C)C34OC4C[C@]2(C)[C@@]1(O)C(=O)CO. The number of rotatable bonds is 2. The molecule has 1 spiro atoms. The van der Waals surface area contributed by atoms with Crippen molar-refractivity contribution in [2.75, 3.05) is 6.61 Å². The van der Waals surface area contributed by atoms with E-state index in [1.54, 1.807) is 12.2 Å². The van der Waals surface area contributed by atoms with Crippen LogP contribution in [0.1, 0.15) is 46.5 Å². The van der Waals surface area contributed by atoms with Crippen LogP contribution in [0.5, 0.6) is 0 Å². The predicted molar refractivity (Wildman–Crippen MR) is 97.7 cm³/mol. The molecule has 1 saturated heterocycles. The Kier molecular flexibility index (Phi) is 3.29. The van der Waals surface area contributed by atoms with Crippen LogP contribution >= 0.6 is 0 Å². The highest BCUT2D eigenvalue weighted by Gasteiger charge is 2.81. The number of epoxide rings is 1. The summed E-state index contributed by atoms with van der Waals surface area (Å²) in [5, 5.41) is 21.0. The number of ether oxygens (including phenoxy) is 1.